The van der Waals surface area contributed by atoms with E-state index in [4.69, 9.17) is 0 Å². The van der Waals surface area contributed by atoms with E-state index < -0.39 is 17.9 Å². The fourth-order valence-electron chi connectivity index (χ4n) is 1.29. The van der Waals surface area contributed by atoms with Gasteiger partial charge in [0.1, 0.15) is 0 Å². The summed E-state index contributed by atoms with van der Waals surface area (Å²) in [5, 5.41) is 14.6. The summed E-state index contributed by atoms with van der Waals surface area (Å²) in [7, 11) is 0. The number of rotatable bonds is 3. The highest BCUT2D eigenvalue weighted by molar-refractivity contribution is 6.39. The Labute approximate surface area is 113 Å². The highest BCUT2D eigenvalue weighted by Crippen LogP contribution is 2.18. The largest absolute Gasteiger partial charge is 0.391 e. The Balaban J connectivity index is 2.44. The molecule has 0 saturated carbocycles. The van der Waals surface area contributed by atoms with Gasteiger partial charge in [0.15, 0.2) is 0 Å². The smallest absolute Gasteiger partial charge is 0.313 e. The van der Waals surface area contributed by atoms with Crippen LogP contribution in [0, 0.1) is 5.41 Å². The van der Waals surface area contributed by atoms with Gasteiger partial charge in [-0.3, -0.25) is 9.59 Å². The number of para-hydroxylation sites is 1. The van der Waals surface area contributed by atoms with E-state index in [-0.39, 0.29) is 12.0 Å². The molecule has 0 heterocycles. The zero-order valence-electron chi connectivity index (χ0n) is 11.4. The molecule has 0 fully saturated rings. The topological polar surface area (TPSA) is 78.4 Å². The number of anilines is 1. The molecule has 1 aromatic rings. The molecular formula is C14H20N2O3. The Morgan fingerprint density at radius 1 is 1.16 bits per heavy atom. The highest BCUT2D eigenvalue weighted by atomic mass is 16.3. The van der Waals surface area contributed by atoms with Gasteiger partial charge in [-0.15, -0.1) is 0 Å². The SMILES string of the molecule is CC(C)(C)C(O)CNC(=O)C(=O)Nc1ccccc1. The summed E-state index contributed by atoms with van der Waals surface area (Å²) >= 11 is 0. The molecule has 0 aliphatic carbocycles. The summed E-state index contributed by atoms with van der Waals surface area (Å²) < 4.78 is 0. The summed E-state index contributed by atoms with van der Waals surface area (Å²) in [6.45, 7) is 5.61. The summed E-state index contributed by atoms with van der Waals surface area (Å²) in [6, 6.07) is 8.72. The molecule has 2 amide bonds. The van der Waals surface area contributed by atoms with E-state index in [1.807, 2.05) is 26.8 Å². The lowest BCUT2D eigenvalue weighted by Crippen LogP contribution is -2.43. The van der Waals surface area contributed by atoms with Crippen LogP contribution in [0.15, 0.2) is 30.3 Å². The number of amides is 2. The van der Waals surface area contributed by atoms with E-state index in [1.54, 1.807) is 24.3 Å². The fraction of sp³-hybridized carbons (Fsp3) is 0.429. The van der Waals surface area contributed by atoms with Gasteiger partial charge in [-0.25, -0.2) is 0 Å². The minimum Gasteiger partial charge on any atom is -0.391 e. The molecule has 0 aliphatic heterocycles. The number of benzene rings is 1. The molecule has 19 heavy (non-hydrogen) atoms. The Morgan fingerprint density at radius 2 is 1.74 bits per heavy atom. The van der Waals surface area contributed by atoms with E-state index in [9.17, 15) is 14.7 Å². The van der Waals surface area contributed by atoms with Gasteiger partial charge < -0.3 is 15.7 Å². The van der Waals surface area contributed by atoms with Gasteiger partial charge in [0.2, 0.25) is 0 Å². The van der Waals surface area contributed by atoms with Crippen LogP contribution in [0.3, 0.4) is 0 Å². The second kappa shape index (κ2) is 6.33. The van der Waals surface area contributed by atoms with Gasteiger partial charge in [0, 0.05) is 12.2 Å². The van der Waals surface area contributed by atoms with Crippen molar-refractivity contribution in [1.29, 1.82) is 0 Å². The van der Waals surface area contributed by atoms with Crippen molar-refractivity contribution < 1.29 is 14.7 Å². The Bertz CT molecular complexity index is 438. The van der Waals surface area contributed by atoms with Gasteiger partial charge in [-0.2, -0.15) is 0 Å². The first kappa shape index (κ1) is 15.2. The second-order valence-electron chi connectivity index (χ2n) is 5.41. The standard InChI is InChI=1S/C14H20N2O3/c1-14(2,3)11(17)9-15-12(18)13(19)16-10-7-5-4-6-8-10/h4-8,11,17H,9H2,1-3H3,(H,15,18)(H,16,19). The number of aliphatic hydroxyl groups excluding tert-OH is 1. The molecular weight excluding hydrogens is 244 g/mol. The predicted octanol–water partition coefficient (Wildman–Crippen LogP) is 1.15. The quantitative estimate of drug-likeness (QED) is 0.717. The zero-order valence-corrected chi connectivity index (χ0v) is 11.4. The lowest BCUT2D eigenvalue weighted by molar-refractivity contribution is -0.136. The van der Waals surface area contributed by atoms with Gasteiger partial charge in [0.05, 0.1) is 6.10 Å². The molecule has 0 bridgehead atoms. The minimum atomic E-state index is -0.757. The highest BCUT2D eigenvalue weighted by Gasteiger charge is 2.23. The Hall–Kier alpha value is -1.88. The molecule has 1 aromatic carbocycles. The third kappa shape index (κ3) is 5.09. The van der Waals surface area contributed by atoms with Gasteiger partial charge >= 0.3 is 11.8 Å². The average Bonchev–Trinajstić information content (AvgIpc) is 2.35. The first-order chi connectivity index (χ1) is 8.80. The number of hydrogen-bond donors (Lipinski definition) is 3. The van der Waals surface area contributed by atoms with Crippen LogP contribution in [0.4, 0.5) is 5.69 Å². The molecule has 1 unspecified atom stereocenters. The lowest BCUT2D eigenvalue weighted by Gasteiger charge is -2.25. The first-order valence-electron chi connectivity index (χ1n) is 6.13. The first-order valence-corrected chi connectivity index (χ1v) is 6.13. The molecule has 0 spiro atoms. The number of aliphatic hydroxyl groups is 1. The van der Waals surface area contributed by atoms with Crippen LogP contribution in [0.25, 0.3) is 0 Å². The normalized spacial score (nSPS) is 12.6. The molecule has 5 heteroatoms. The van der Waals surface area contributed by atoms with E-state index in [0.717, 1.165) is 0 Å². The zero-order chi connectivity index (χ0) is 14.5. The van der Waals surface area contributed by atoms with Crippen molar-refractivity contribution in [2.45, 2.75) is 26.9 Å². The summed E-state index contributed by atoms with van der Waals surface area (Å²) in [5.74, 6) is -1.50. The fourth-order valence-corrected chi connectivity index (χ4v) is 1.29. The molecule has 0 aliphatic rings. The van der Waals surface area contributed by atoms with Crippen LogP contribution < -0.4 is 10.6 Å². The Kier molecular flexibility index (Phi) is 5.06. The van der Waals surface area contributed by atoms with Gasteiger partial charge in [-0.05, 0) is 17.5 Å². The maximum atomic E-state index is 11.6. The molecule has 1 rings (SSSR count). The number of carbonyl (C=O) groups is 2. The molecule has 104 valence electrons. The molecule has 0 saturated heterocycles. The van der Waals surface area contributed by atoms with E-state index in [2.05, 4.69) is 10.6 Å². The summed E-state index contributed by atoms with van der Waals surface area (Å²) in [5.41, 5.74) is 0.211. The third-order valence-electron chi connectivity index (χ3n) is 2.69. The van der Waals surface area contributed by atoms with Crippen molar-refractivity contribution in [3.8, 4) is 0 Å². The van der Waals surface area contributed by atoms with Crippen molar-refractivity contribution in [3.63, 3.8) is 0 Å². The maximum Gasteiger partial charge on any atom is 0.313 e. The van der Waals surface area contributed by atoms with E-state index in [0.29, 0.717) is 5.69 Å². The maximum absolute atomic E-state index is 11.6. The van der Waals surface area contributed by atoms with Crippen molar-refractivity contribution >= 4 is 17.5 Å². The van der Waals surface area contributed by atoms with Crippen LogP contribution in [0.1, 0.15) is 20.8 Å². The average molecular weight is 264 g/mol. The number of hydrogen-bond acceptors (Lipinski definition) is 3. The van der Waals surface area contributed by atoms with Crippen LogP contribution >= 0.6 is 0 Å². The third-order valence-corrected chi connectivity index (χ3v) is 2.69. The molecule has 0 aromatic heterocycles. The Morgan fingerprint density at radius 3 is 2.26 bits per heavy atom. The van der Waals surface area contributed by atoms with Crippen molar-refractivity contribution in [2.75, 3.05) is 11.9 Å². The van der Waals surface area contributed by atoms with Crippen molar-refractivity contribution in [2.24, 2.45) is 5.41 Å². The van der Waals surface area contributed by atoms with Crippen LogP contribution in [-0.4, -0.2) is 29.6 Å². The summed E-state index contributed by atoms with van der Waals surface area (Å²) in [4.78, 5) is 23.1. The monoisotopic (exact) mass is 264 g/mol. The van der Waals surface area contributed by atoms with Gasteiger partial charge in [0.25, 0.3) is 0 Å². The van der Waals surface area contributed by atoms with Crippen LogP contribution in [0.5, 0.6) is 0 Å². The molecule has 5 nitrogen and oxygen atoms in total. The molecule has 3 N–H and O–H groups in total. The number of carbonyl (C=O) groups excluding carboxylic acids is 2. The molecule has 1 atom stereocenters. The van der Waals surface area contributed by atoms with Crippen LogP contribution in [-0.2, 0) is 9.59 Å². The number of nitrogens with one attached hydrogen (secondary N) is 2. The van der Waals surface area contributed by atoms with Gasteiger partial charge in [-0.1, -0.05) is 39.0 Å². The van der Waals surface area contributed by atoms with E-state index in [1.165, 1.54) is 0 Å². The molecule has 0 radical (unpaired) electrons. The van der Waals surface area contributed by atoms with Crippen molar-refractivity contribution in [1.82, 2.24) is 5.32 Å². The minimum absolute atomic E-state index is 0.0462. The summed E-state index contributed by atoms with van der Waals surface area (Å²) in [6.07, 6.45) is -0.707. The van der Waals surface area contributed by atoms with Crippen molar-refractivity contribution in [3.05, 3.63) is 30.3 Å². The van der Waals surface area contributed by atoms with Crippen LogP contribution in [0.2, 0.25) is 0 Å². The predicted molar refractivity (Wildman–Crippen MR) is 73.5 cm³/mol. The van der Waals surface area contributed by atoms with E-state index >= 15 is 0 Å². The lowest BCUT2D eigenvalue weighted by atomic mass is 9.89. The second-order valence-corrected chi connectivity index (χ2v) is 5.41.